The van der Waals surface area contributed by atoms with Crippen molar-refractivity contribution in [1.82, 2.24) is 0 Å². The van der Waals surface area contributed by atoms with E-state index in [9.17, 15) is 4.79 Å². The van der Waals surface area contributed by atoms with Gasteiger partial charge in [-0.25, -0.2) is 0 Å². The molecule has 0 aliphatic heterocycles. The Morgan fingerprint density at radius 3 is 1.27 bits per heavy atom. The molecule has 0 saturated heterocycles. The molecular formula is C28H54O9. The van der Waals surface area contributed by atoms with Crippen LogP contribution in [0.25, 0.3) is 0 Å². The van der Waals surface area contributed by atoms with E-state index in [1.807, 2.05) is 0 Å². The number of rotatable bonds is 32. The first-order valence-electron chi connectivity index (χ1n) is 14.2. The lowest BCUT2D eigenvalue weighted by Gasteiger charge is -2.08. The van der Waals surface area contributed by atoms with Gasteiger partial charge < -0.3 is 37.9 Å². The van der Waals surface area contributed by atoms with Gasteiger partial charge in [-0.05, 0) is 6.42 Å². The van der Waals surface area contributed by atoms with Crippen molar-refractivity contribution < 1.29 is 42.7 Å². The molecule has 37 heavy (non-hydrogen) atoms. The van der Waals surface area contributed by atoms with Crippen LogP contribution in [0.2, 0.25) is 0 Å². The standard InChI is InChI=1S/C28H54O9/c1-3-5-6-7-8-9-10-11-12-13-28(29)37-27-26-36-25-24-35-23-22-34-21-20-33-19-18-32-17-16-31-15-14-30-4-2/h4H,2-3,5-27H2,1H3. The molecule has 0 aromatic rings. The molecule has 0 radical (unpaired) electrons. The highest BCUT2D eigenvalue weighted by Gasteiger charge is 2.02. The molecular weight excluding hydrogens is 480 g/mol. The number of carbonyl (C=O) groups is 1. The number of esters is 1. The fourth-order valence-corrected chi connectivity index (χ4v) is 3.26. The fourth-order valence-electron chi connectivity index (χ4n) is 3.26. The number of hydrogen-bond acceptors (Lipinski definition) is 9. The van der Waals surface area contributed by atoms with E-state index >= 15 is 0 Å². The predicted molar refractivity (Wildman–Crippen MR) is 144 cm³/mol. The number of unbranched alkanes of at least 4 members (excludes halogenated alkanes) is 8. The normalized spacial score (nSPS) is 11.1. The molecule has 0 amide bonds. The summed E-state index contributed by atoms with van der Waals surface area (Å²) in [7, 11) is 0. The number of carbonyl (C=O) groups excluding carboxylic acids is 1. The topological polar surface area (TPSA) is 90.9 Å². The summed E-state index contributed by atoms with van der Waals surface area (Å²) in [5.74, 6) is -0.132. The third-order valence-electron chi connectivity index (χ3n) is 5.30. The summed E-state index contributed by atoms with van der Waals surface area (Å²) >= 11 is 0. The first-order valence-corrected chi connectivity index (χ1v) is 14.2. The highest BCUT2D eigenvalue weighted by Crippen LogP contribution is 2.10. The van der Waals surface area contributed by atoms with Crippen molar-refractivity contribution in [3.8, 4) is 0 Å². The maximum atomic E-state index is 11.7. The molecule has 0 atom stereocenters. The molecule has 0 N–H and O–H groups in total. The quantitative estimate of drug-likeness (QED) is 0.0691. The molecule has 9 heteroatoms. The zero-order valence-corrected chi connectivity index (χ0v) is 23.4. The summed E-state index contributed by atoms with van der Waals surface area (Å²) in [4.78, 5) is 11.7. The zero-order valence-electron chi connectivity index (χ0n) is 23.4. The van der Waals surface area contributed by atoms with Gasteiger partial charge in [0.25, 0.3) is 0 Å². The second-order valence-corrected chi connectivity index (χ2v) is 8.51. The summed E-state index contributed by atoms with van der Waals surface area (Å²) in [6.45, 7) is 12.5. The molecule has 0 fully saturated rings. The van der Waals surface area contributed by atoms with Crippen molar-refractivity contribution >= 4 is 5.97 Å². The molecule has 0 spiro atoms. The van der Waals surface area contributed by atoms with Gasteiger partial charge >= 0.3 is 5.97 Å². The van der Waals surface area contributed by atoms with E-state index in [1.54, 1.807) is 0 Å². The lowest BCUT2D eigenvalue weighted by molar-refractivity contribution is -0.145. The maximum Gasteiger partial charge on any atom is 0.305 e. The second-order valence-electron chi connectivity index (χ2n) is 8.51. The Balaban J connectivity index is 3.12. The Bertz CT molecular complexity index is 463. The van der Waals surface area contributed by atoms with Crippen LogP contribution in [0.5, 0.6) is 0 Å². The van der Waals surface area contributed by atoms with E-state index in [1.165, 1.54) is 51.2 Å². The van der Waals surface area contributed by atoms with Gasteiger partial charge in [-0.3, -0.25) is 4.79 Å². The molecule has 220 valence electrons. The SMILES string of the molecule is C=COCCOCCOCCOCCOCCOCCOCCOC(=O)CCCCCCCCCCC. The van der Waals surface area contributed by atoms with Gasteiger partial charge in [0.15, 0.2) is 0 Å². The van der Waals surface area contributed by atoms with E-state index in [4.69, 9.17) is 37.9 Å². The Morgan fingerprint density at radius 2 is 0.865 bits per heavy atom. The van der Waals surface area contributed by atoms with Crippen molar-refractivity contribution in [2.24, 2.45) is 0 Å². The van der Waals surface area contributed by atoms with E-state index < -0.39 is 0 Å². The summed E-state index contributed by atoms with van der Waals surface area (Å²) in [6, 6.07) is 0. The molecule has 0 unspecified atom stereocenters. The second kappa shape index (κ2) is 32.8. The molecule has 0 saturated carbocycles. The van der Waals surface area contributed by atoms with Crippen LogP contribution in [0.15, 0.2) is 12.8 Å². The van der Waals surface area contributed by atoms with E-state index in [0.717, 1.165) is 12.8 Å². The summed E-state index contributed by atoms with van der Waals surface area (Å²) in [5, 5.41) is 0. The first-order chi connectivity index (χ1) is 18.3. The summed E-state index contributed by atoms with van der Waals surface area (Å²) < 4.78 is 42.6. The summed E-state index contributed by atoms with van der Waals surface area (Å²) in [5.41, 5.74) is 0. The van der Waals surface area contributed by atoms with Gasteiger partial charge in [0.2, 0.25) is 0 Å². The predicted octanol–water partition coefficient (Wildman–Crippen LogP) is 4.71. The van der Waals surface area contributed by atoms with Crippen LogP contribution in [-0.4, -0.2) is 98.5 Å². The molecule has 0 aliphatic rings. The Morgan fingerprint density at radius 1 is 0.514 bits per heavy atom. The minimum atomic E-state index is -0.132. The largest absolute Gasteiger partial charge is 0.499 e. The highest BCUT2D eigenvalue weighted by atomic mass is 16.6. The van der Waals surface area contributed by atoms with Crippen LogP contribution in [-0.2, 0) is 42.7 Å². The van der Waals surface area contributed by atoms with Crippen molar-refractivity contribution in [2.75, 3.05) is 92.5 Å². The molecule has 0 aromatic carbocycles. The fraction of sp³-hybridized carbons (Fsp3) is 0.893. The van der Waals surface area contributed by atoms with Gasteiger partial charge in [-0.2, -0.15) is 0 Å². The maximum absolute atomic E-state index is 11.7. The van der Waals surface area contributed by atoms with E-state index in [0.29, 0.717) is 98.9 Å². The average Bonchev–Trinajstić information content (AvgIpc) is 2.90. The van der Waals surface area contributed by atoms with Gasteiger partial charge in [-0.15, -0.1) is 0 Å². The Labute approximate surface area is 225 Å². The van der Waals surface area contributed by atoms with Crippen LogP contribution in [0, 0.1) is 0 Å². The van der Waals surface area contributed by atoms with Crippen LogP contribution >= 0.6 is 0 Å². The van der Waals surface area contributed by atoms with Gasteiger partial charge in [-0.1, -0.05) is 64.9 Å². The number of hydrogen-bond donors (Lipinski definition) is 0. The minimum absolute atomic E-state index is 0.132. The van der Waals surface area contributed by atoms with E-state index in [2.05, 4.69) is 13.5 Å². The minimum Gasteiger partial charge on any atom is -0.499 e. The highest BCUT2D eigenvalue weighted by molar-refractivity contribution is 5.69. The monoisotopic (exact) mass is 534 g/mol. The molecule has 0 bridgehead atoms. The van der Waals surface area contributed by atoms with Crippen LogP contribution < -0.4 is 0 Å². The molecule has 9 nitrogen and oxygen atoms in total. The molecule has 0 aliphatic carbocycles. The van der Waals surface area contributed by atoms with E-state index in [-0.39, 0.29) is 5.97 Å². The lowest BCUT2D eigenvalue weighted by Crippen LogP contribution is -2.15. The van der Waals surface area contributed by atoms with Crippen molar-refractivity contribution in [2.45, 2.75) is 71.1 Å². The van der Waals surface area contributed by atoms with Crippen molar-refractivity contribution in [3.05, 3.63) is 12.8 Å². The third-order valence-corrected chi connectivity index (χ3v) is 5.30. The van der Waals surface area contributed by atoms with Gasteiger partial charge in [0.05, 0.1) is 85.5 Å². The Kier molecular flexibility index (Phi) is 31.7. The zero-order chi connectivity index (χ0) is 26.9. The average molecular weight is 535 g/mol. The smallest absolute Gasteiger partial charge is 0.305 e. The van der Waals surface area contributed by atoms with Crippen LogP contribution in [0.4, 0.5) is 0 Å². The lowest BCUT2D eigenvalue weighted by atomic mass is 10.1. The van der Waals surface area contributed by atoms with Crippen molar-refractivity contribution in [1.29, 1.82) is 0 Å². The van der Waals surface area contributed by atoms with Crippen molar-refractivity contribution in [3.63, 3.8) is 0 Å². The molecule has 0 rings (SSSR count). The Hall–Kier alpha value is -1.23. The van der Waals surface area contributed by atoms with Gasteiger partial charge in [0, 0.05) is 6.42 Å². The number of ether oxygens (including phenoxy) is 8. The first kappa shape index (κ1) is 35.8. The summed E-state index contributed by atoms with van der Waals surface area (Å²) in [6.07, 6.45) is 13.0. The van der Waals surface area contributed by atoms with Gasteiger partial charge in [0.1, 0.15) is 13.2 Å². The molecule has 0 heterocycles. The third kappa shape index (κ3) is 32.7. The van der Waals surface area contributed by atoms with Crippen LogP contribution in [0.3, 0.4) is 0 Å². The van der Waals surface area contributed by atoms with Crippen LogP contribution in [0.1, 0.15) is 71.1 Å². The molecule has 0 aromatic heterocycles.